The van der Waals surface area contributed by atoms with Crippen LogP contribution in [0.3, 0.4) is 0 Å². The minimum absolute atomic E-state index is 0.174. The van der Waals surface area contributed by atoms with Crippen LogP contribution in [0.2, 0.25) is 0 Å². The predicted molar refractivity (Wildman–Crippen MR) is 89.7 cm³/mol. The predicted octanol–water partition coefficient (Wildman–Crippen LogP) is 5.55. The van der Waals surface area contributed by atoms with Gasteiger partial charge in [-0.1, -0.05) is 54.0 Å². The number of carbonyl (C=O) groups is 1. The van der Waals surface area contributed by atoms with Gasteiger partial charge < -0.3 is 0 Å². The second-order valence-corrected chi connectivity index (χ2v) is 6.91. The van der Waals surface area contributed by atoms with Gasteiger partial charge in [-0.3, -0.25) is 4.79 Å². The third-order valence-electron chi connectivity index (χ3n) is 3.08. The van der Waals surface area contributed by atoms with Gasteiger partial charge in [0.05, 0.1) is 5.75 Å². The molecule has 0 N–H and O–H groups in total. The lowest BCUT2D eigenvalue weighted by atomic mass is 10.0. The molecule has 0 amide bonds. The Kier molecular flexibility index (Phi) is 5.44. The standard InChI is InChI=1S/C17H17BrOS/c1-12(2)13-3-5-14(6-4-13)17(19)11-20-16-9-7-15(18)8-10-16/h3-10,12H,11H2,1-2H3. The van der Waals surface area contributed by atoms with Crippen molar-refractivity contribution in [2.45, 2.75) is 24.7 Å². The van der Waals surface area contributed by atoms with E-state index in [-0.39, 0.29) is 5.78 Å². The van der Waals surface area contributed by atoms with Crippen LogP contribution in [0.4, 0.5) is 0 Å². The molecule has 0 aliphatic rings. The molecule has 2 aromatic rings. The average Bonchev–Trinajstić information content (AvgIpc) is 2.46. The monoisotopic (exact) mass is 348 g/mol. The van der Waals surface area contributed by atoms with Crippen molar-refractivity contribution < 1.29 is 4.79 Å². The summed E-state index contributed by atoms with van der Waals surface area (Å²) in [6.45, 7) is 4.31. The van der Waals surface area contributed by atoms with E-state index in [1.807, 2.05) is 48.5 Å². The number of ketones is 1. The van der Waals surface area contributed by atoms with Crippen molar-refractivity contribution in [2.24, 2.45) is 0 Å². The summed E-state index contributed by atoms with van der Waals surface area (Å²) in [6.07, 6.45) is 0. The Labute approximate surface area is 132 Å². The van der Waals surface area contributed by atoms with E-state index >= 15 is 0 Å². The fourth-order valence-corrected chi connectivity index (χ4v) is 2.87. The summed E-state index contributed by atoms with van der Waals surface area (Å²) in [4.78, 5) is 13.2. The summed E-state index contributed by atoms with van der Waals surface area (Å²) in [5.74, 6) is 1.15. The smallest absolute Gasteiger partial charge is 0.173 e. The lowest BCUT2D eigenvalue weighted by molar-refractivity contribution is 0.102. The number of carbonyl (C=O) groups excluding carboxylic acids is 1. The third kappa shape index (κ3) is 4.22. The summed E-state index contributed by atoms with van der Waals surface area (Å²) < 4.78 is 1.05. The van der Waals surface area contributed by atoms with Gasteiger partial charge in [0.2, 0.25) is 0 Å². The molecule has 0 unspecified atom stereocenters. The summed E-state index contributed by atoms with van der Waals surface area (Å²) in [5.41, 5.74) is 2.06. The van der Waals surface area contributed by atoms with Crippen molar-refractivity contribution in [2.75, 3.05) is 5.75 Å². The molecule has 0 fully saturated rings. The maximum Gasteiger partial charge on any atom is 0.173 e. The Hall–Kier alpha value is -1.06. The Balaban J connectivity index is 1.96. The molecule has 20 heavy (non-hydrogen) atoms. The maximum absolute atomic E-state index is 12.1. The number of rotatable bonds is 5. The first-order chi connectivity index (χ1) is 9.56. The normalized spacial score (nSPS) is 10.8. The molecule has 104 valence electrons. The van der Waals surface area contributed by atoms with Crippen LogP contribution < -0.4 is 0 Å². The first-order valence-corrected chi connectivity index (χ1v) is 8.35. The van der Waals surface area contributed by atoms with Crippen LogP contribution >= 0.6 is 27.7 Å². The summed E-state index contributed by atoms with van der Waals surface area (Å²) in [7, 11) is 0. The molecule has 0 saturated carbocycles. The van der Waals surface area contributed by atoms with Crippen molar-refractivity contribution in [1.82, 2.24) is 0 Å². The molecule has 0 saturated heterocycles. The van der Waals surface area contributed by atoms with Gasteiger partial charge in [0.1, 0.15) is 0 Å². The second kappa shape index (κ2) is 7.09. The summed E-state index contributed by atoms with van der Waals surface area (Å²) in [6, 6.07) is 16.0. The fraction of sp³-hybridized carbons (Fsp3) is 0.235. The zero-order chi connectivity index (χ0) is 14.5. The average molecular weight is 349 g/mol. The Morgan fingerprint density at radius 2 is 1.65 bits per heavy atom. The Morgan fingerprint density at radius 3 is 2.20 bits per heavy atom. The van der Waals surface area contributed by atoms with Crippen molar-refractivity contribution in [3.05, 3.63) is 64.1 Å². The minimum atomic E-state index is 0.174. The first-order valence-electron chi connectivity index (χ1n) is 6.58. The van der Waals surface area contributed by atoms with Gasteiger partial charge in [-0.25, -0.2) is 0 Å². The molecular weight excluding hydrogens is 332 g/mol. The van der Waals surface area contributed by atoms with Gasteiger partial charge in [0.25, 0.3) is 0 Å². The van der Waals surface area contributed by atoms with E-state index < -0.39 is 0 Å². The van der Waals surface area contributed by atoms with Gasteiger partial charge in [-0.15, -0.1) is 11.8 Å². The molecule has 0 aromatic heterocycles. The van der Waals surface area contributed by atoms with E-state index in [1.165, 1.54) is 5.56 Å². The van der Waals surface area contributed by atoms with E-state index in [0.29, 0.717) is 11.7 Å². The van der Waals surface area contributed by atoms with E-state index in [4.69, 9.17) is 0 Å². The number of hydrogen-bond acceptors (Lipinski definition) is 2. The van der Waals surface area contributed by atoms with E-state index in [1.54, 1.807) is 11.8 Å². The van der Waals surface area contributed by atoms with Crippen molar-refractivity contribution in [3.8, 4) is 0 Å². The van der Waals surface area contributed by atoms with Crippen LogP contribution in [0.1, 0.15) is 35.7 Å². The number of hydrogen-bond donors (Lipinski definition) is 0. The van der Waals surface area contributed by atoms with Crippen LogP contribution in [-0.2, 0) is 0 Å². The molecule has 0 aliphatic carbocycles. The highest BCUT2D eigenvalue weighted by Gasteiger charge is 2.07. The number of Topliss-reactive ketones (excluding diaryl/α,β-unsaturated/α-hetero) is 1. The Bertz CT molecular complexity index is 573. The van der Waals surface area contributed by atoms with Gasteiger partial charge in [-0.05, 0) is 35.7 Å². The van der Waals surface area contributed by atoms with Gasteiger partial charge in [0.15, 0.2) is 5.78 Å². The molecule has 0 radical (unpaired) electrons. The van der Waals surface area contributed by atoms with Crippen molar-refractivity contribution >= 4 is 33.5 Å². The lowest BCUT2D eigenvalue weighted by Crippen LogP contribution is -2.02. The van der Waals surface area contributed by atoms with Crippen molar-refractivity contribution in [3.63, 3.8) is 0 Å². The van der Waals surface area contributed by atoms with Crippen LogP contribution in [0.25, 0.3) is 0 Å². The van der Waals surface area contributed by atoms with Crippen LogP contribution in [0.15, 0.2) is 57.9 Å². The highest BCUT2D eigenvalue weighted by Crippen LogP contribution is 2.22. The number of thioether (sulfide) groups is 1. The quantitative estimate of drug-likeness (QED) is 0.520. The van der Waals surface area contributed by atoms with Crippen LogP contribution in [0, 0.1) is 0 Å². The minimum Gasteiger partial charge on any atom is -0.293 e. The SMILES string of the molecule is CC(C)c1ccc(C(=O)CSc2ccc(Br)cc2)cc1. The van der Waals surface area contributed by atoms with E-state index in [2.05, 4.69) is 29.8 Å². The first kappa shape index (κ1) is 15.3. The lowest BCUT2D eigenvalue weighted by Gasteiger charge is -2.06. The highest BCUT2D eigenvalue weighted by atomic mass is 79.9. The van der Waals surface area contributed by atoms with Crippen molar-refractivity contribution in [1.29, 1.82) is 0 Å². The molecule has 0 bridgehead atoms. The molecule has 1 nitrogen and oxygen atoms in total. The summed E-state index contributed by atoms with van der Waals surface area (Å²) >= 11 is 4.98. The van der Waals surface area contributed by atoms with Crippen LogP contribution in [0.5, 0.6) is 0 Å². The molecule has 0 atom stereocenters. The van der Waals surface area contributed by atoms with Gasteiger partial charge >= 0.3 is 0 Å². The maximum atomic E-state index is 12.1. The zero-order valence-corrected chi connectivity index (χ0v) is 14.0. The molecule has 0 heterocycles. The van der Waals surface area contributed by atoms with Gasteiger partial charge in [-0.2, -0.15) is 0 Å². The molecular formula is C17H17BrOS. The molecule has 2 rings (SSSR count). The molecule has 3 heteroatoms. The zero-order valence-electron chi connectivity index (χ0n) is 11.6. The third-order valence-corrected chi connectivity index (χ3v) is 4.62. The molecule has 2 aromatic carbocycles. The fourth-order valence-electron chi connectivity index (χ4n) is 1.82. The number of halogens is 1. The highest BCUT2D eigenvalue weighted by molar-refractivity contribution is 9.10. The van der Waals surface area contributed by atoms with E-state index in [9.17, 15) is 4.79 Å². The number of benzene rings is 2. The Morgan fingerprint density at radius 1 is 1.05 bits per heavy atom. The van der Waals surface area contributed by atoms with E-state index in [0.717, 1.165) is 14.9 Å². The largest absolute Gasteiger partial charge is 0.293 e. The van der Waals surface area contributed by atoms with Crippen LogP contribution in [-0.4, -0.2) is 11.5 Å². The second-order valence-electron chi connectivity index (χ2n) is 4.94. The summed E-state index contributed by atoms with van der Waals surface area (Å²) in [5, 5.41) is 0. The topological polar surface area (TPSA) is 17.1 Å². The molecule has 0 aliphatic heterocycles. The molecule has 0 spiro atoms. The van der Waals surface area contributed by atoms with Gasteiger partial charge in [0, 0.05) is 14.9 Å².